The number of esters is 1. The van der Waals surface area contributed by atoms with Crippen molar-refractivity contribution in [2.75, 3.05) is 0 Å². The third-order valence-electron chi connectivity index (χ3n) is 5.51. The van der Waals surface area contributed by atoms with E-state index in [1.165, 1.54) is 18.3 Å². The molecule has 3 rings (SSSR count). The molecule has 3 unspecified atom stereocenters. The number of phenols is 1. The zero-order chi connectivity index (χ0) is 22.9. The van der Waals surface area contributed by atoms with Gasteiger partial charge in [0.2, 0.25) is 5.91 Å². The normalized spacial score (nSPS) is 26.2. The number of carbonyl (C=O) groups excluding carboxylic acids is 2. The summed E-state index contributed by atoms with van der Waals surface area (Å²) in [5, 5.41) is 23.2. The van der Waals surface area contributed by atoms with E-state index in [0.717, 1.165) is 6.42 Å². The largest absolute Gasteiger partial charge is 0.507 e. The zero-order valence-corrected chi connectivity index (χ0v) is 18.3. The third-order valence-corrected chi connectivity index (χ3v) is 5.51. The Balaban J connectivity index is 1.70. The molecule has 32 heavy (non-hydrogen) atoms. The Hall–Kier alpha value is -2.90. The van der Waals surface area contributed by atoms with Crippen molar-refractivity contribution >= 4 is 11.9 Å². The van der Waals surface area contributed by atoms with Gasteiger partial charge in [-0.1, -0.05) is 43.4 Å². The van der Waals surface area contributed by atoms with Crippen LogP contribution in [0.2, 0.25) is 0 Å². The maximum atomic E-state index is 12.9. The standard InChI is InChI=1S/C25H31NO6/c1-2-3-4-5-11-23(29)26-12-7-9-19-16-21-15-18(27)14-20(31-21)13-17-8-6-10-22(28)24(17)25(30)32-19/h3-8,10-12,18-21,27-28H,2,9,13-16H2,1H3,(H,26,29)/b4-3+,11-5-,12-7+/t18-,19?,20?,21?/m1/s1. The fraction of sp³-hybridized carbons (Fsp3) is 0.440. The van der Waals surface area contributed by atoms with E-state index in [2.05, 4.69) is 5.32 Å². The number of hydrogen-bond donors (Lipinski definition) is 3. The van der Waals surface area contributed by atoms with Gasteiger partial charge in [-0.25, -0.2) is 4.79 Å². The number of amides is 1. The molecule has 0 radical (unpaired) electrons. The highest BCUT2D eigenvalue weighted by atomic mass is 16.5. The zero-order valence-electron chi connectivity index (χ0n) is 18.3. The van der Waals surface area contributed by atoms with Gasteiger partial charge in [0, 0.05) is 25.1 Å². The molecule has 1 aromatic carbocycles. The lowest BCUT2D eigenvalue weighted by Crippen LogP contribution is -2.40. The molecule has 7 heteroatoms. The molecule has 172 valence electrons. The lowest BCUT2D eigenvalue weighted by atomic mass is 9.91. The fourth-order valence-electron chi connectivity index (χ4n) is 4.07. The molecule has 0 spiro atoms. The minimum Gasteiger partial charge on any atom is -0.507 e. The Bertz CT molecular complexity index is 890. The van der Waals surface area contributed by atoms with Crippen molar-refractivity contribution in [2.45, 2.75) is 69.9 Å². The molecule has 2 heterocycles. The van der Waals surface area contributed by atoms with Crippen LogP contribution in [0, 0.1) is 0 Å². The van der Waals surface area contributed by atoms with Gasteiger partial charge in [-0.2, -0.15) is 0 Å². The van der Waals surface area contributed by atoms with Gasteiger partial charge in [-0.15, -0.1) is 0 Å². The molecule has 1 fully saturated rings. The van der Waals surface area contributed by atoms with Crippen LogP contribution in [0.5, 0.6) is 5.75 Å². The quantitative estimate of drug-likeness (QED) is 0.355. The summed E-state index contributed by atoms with van der Waals surface area (Å²) in [6.45, 7) is 2.01. The summed E-state index contributed by atoms with van der Waals surface area (Å²) in [6.07, 6.45) is 11.7. The van der Waals surface area contributed by atoms with E-state index in [4.69, 9.17) is 9.47 Å². The molecule has 2 bridgehead atoms. The number of carbonyl (C=O) groups is 2. The summed E-state index contributed by atoms with van der Waals surface area (Å²) in [5.41, 5.74) is 0.780. The second-order valence-corrected chi connectivity index (χ2v) is 8.13. The van der Waals surface area contributed by atoms with Crippen LogP contribution in [-0.4, -0.2) is 46.5 Å². The van der Waals surface area contributed by atoms with Crippen molar-refractivity contribution in [2.24, 2.45) is 0 Å². The van der Waals surface area contributed by atoms with E-state index in [0.29, 0.717) is 37.7 Å². The van der Waals surface area contributed by atoms with Gasteiger partial charge >= 0.3 is 5.97 Å². The molecule has 1 saturated heterocycles. The summed E-state index contributed by atoms with van der Waals surface area (Å²) in [4.78, 5) is 24.7. The first-order valence-electron chi connectivity index (χ1n) is 11.1. The number of ether oxygens (including phenoxy) is 2. The predicted octanol–water partition coefficient (Wildman–Crippen LogP) is 3.31. The van der Waals surface area contributed by atoms with Gasteiger partial charge in [0.15, 0.2) is 0 Å². The monoisotopic (exact) mass is 441 g/mol. The lowest BCUT2D eigenvalue weighted by Gasteiger charge is -2.36. The Kier molecular flexibility index (Phi) is 8.64. The number of rotatable bonds is 6. The second kappa shape index (κ2) is 11.6. The van der Waals surface area contributed by atoms with E-state index in [1.807, 2.05) is 19.1 Å². The Morgan fingerprint density at radius 2 is 2.00 bits per heavy atom. The summed E-state index contributed by atoms with van der Waals surface area (Å²) in [5.74, 6) is -0.969. The summed E-state index contributed by atoms with van der Waals surface area (Å²) in [6, 6.07) is 4.91. The molecule has 1 aromatic rings. The van der Waals surface area contributed by atoms with Crippen LogP contribution >= 0.6 is 0 Å². The van der Waals surface area contributed by atoms with Crippen LogP contribution in [0.15, 0.2) is 54.8 Å². The van der Waals surface area contributed by atoms with E-state index in [9.17, 15) is 19.8 Å². The first-order chi connectivity index (χ1) is 15.5. The molecule has 7 nitrogen and oxygen atoms in total. The average Bonchev–Trinajstić information content (AvgIpc) is 2.73. The van der Waals surface area contributed by atoms with Gasteiger partial charge in [0.25, 0.3) is 0 Å². The van der Waals surface area contributed by atoms with Crippen molar-refractivity contribution in [3.63, 3.8) is 0 Å². The molecule has 4 atom stereocenters. The Labute approximate surface area is 188 Å². The topological polar surface area (TPSA) is 105 Å². The van der Waals surface area contributed by atoms with Crippen LogP contribution < -0.4 is 5.32 Å². The predicted molar refractivity (Wildman–Crippen MR) is 120 cm³/mol. The number of aromatic hydroxyl groups is 1. The molecule has 1 amide bonds. The van der Waals surface area contributed by atoms with E-state index in [1.54, 1.807) is 24.3 Å². The molecule has 0 saturated carbocycles. The van der Waals surface area contributed by atoms with E-state index in [-0.39, 0.29) is 29.4 Å². The number of aliphatic hydroxyl groups excluding tert-OH is 1. The van der Waals surface area contributed by atoms with E-state index < -0.39 is 18.2 Å². The summed E-state index contributed by atoms with van der Waals surface area (Å²) >= 11 is 0. The van der Waals surface area contributed by atoms with Gasteiger partial charge in [0.05, 0.1) is 18.3 Å². The van der Waals surface area contributed by atoms with Crippen LogP contribution in [0.1, 0.15) is 54.9 Å². The van der Waals surface area contributed by atoms with Crippen molar-refractivity contribution in [1.29, 1.82) is 0 Å². The number of phenolic OH excluding ortho intramolecular Hbond substituents is 1. The molecule has 0 aliphatic carbocycles. The Morgan fingerprint density at radius 1 is 1.19 bits per heavy atom. The fourth-order valence-corrected chi connectivity index (χ4v) is 4.07. The second-order valence-electron chi connectivity index (χ2n) is 8.13. The maximum Gasteiger partial charge on any atom is 0.342 e. The first kappa shape index (κ1) is 23.8. The van der Waals surface area contributed by atoms with Gasteiger partial charge < -0.3 is 25.0 Å². The first-order valence-corrected chi connectivity index (χ1v) is 11.1. The highest BCUT2D eigenvalue weighted by molar-refractivity contribution is 5.94. The van der Waals surface area contributed by atoms with Crippen molar-refractivity contribution in [3.8, 4) is 5.75 Å². The number of fused-ring (bicyclic) bond motifs is 3. The van der Waals surface area contributed by atoms with Gasteiger partial charge in [0.1, 0.15) is 17.4 Å². The number of cyclic esters (lactones) is 1. The molecular weight excluding hydrogens is 410 g/mol. The molecule has 2 aliphatic rings. The van der Waals surface area contributed by atoms with Crippen LogP contribution in [-0.2, 0) is 20.7 Å². The number of aliphatic hydroxyl groups is 1. The summed E-state index contributed by atoms with van der Waals surface area (Å²) < 4.78 is 11.9. The molecule has 3 N–H and O–H groups in total. The minimum absolute atomic E-state index is 0.133. The van der Waals surface area contributed by atoms with E-state index >= 15 is 0 Å². The van der Waals surface area contributed by atoms with Crippen molar-refractivity contribution < 1.29 is 29.3 Å². The number of nitrogens with one attached hydrogen (secondary N) is 1. The molecule has 2 aliphatic heterocycles. The highest BCUT2D eigenvalue weighted by Crippen LogP contribution is 2.32. The number of hydrogen-bond acceptors (Lipinski definition) is 6. The summed E-state index contributed by atoms with van der Waals surface area (Å²) in [7, 11) is 0. The van der Waals surface area contributed by atoms with Crippen LogP contribution in [0.4, 0.5) is 0 Å². The van der Waals surface area contributed by atoms with Crippen LogP contribution in [0.25, 0.3) is 0 Å². The SMILES string of the molecule is CC/C=C/C=C\C(=O)N/C=C/CC1CC2C[C@H](O)CC(Cc3cccc(O)c3C(=O)O1)O2. The molecular formula is C25H31NO6. The number of benzene rings is 1. The lowest BCUT2D eigenvalue weighted by molar-refractivity contribution is -0.115. The smallest absolute Gasteiger partial charge is 0.342 e. The molecule has 0 aromatic heterocycles. The third kappa shape index (κ3) is 6.80. The van der Waals surface area contributed by atoms with Gasteiger partial charge in [-0.05, 0) is 37.3 Å². The van der Waals surface area contributed by atoms with Crippen molar-refractivity contribution in [1.82, 2.24) is 5.32 Å². The van der Waals surface area contributed by atoms with Crippen molar-refractivity contribution in [3.05, 3.63) is 65.9 Å². The maximum absolute atomic E-state index is 12.9. The van der Waals surface area contributed by atoms with Crippen LogP contribution in [0.3, 0.4) is 0 Å². The minimum atomic E-state index is -0.577. The van der Waals surface area contributed by atoms with Gasteiger partial charge in [-0.3, -0.25) is 4.79 Å². The number of allylic oxidation sites excluding steroid dienone is 3. The average molecular weight is 442 g/mol. The highest BCUT2D eigenvalue weighted by Gasteiger charge is 2.34. The Morgan fingerprint density at radius 3 is 2.81 bits per heavy atom.